The van der Waals surface area contributed by atoms with Crippen molar-refractivity contribution in [3.05, 3.63) is 0 Å². The first-order valence-corrected chi connectivity index (χ1v) is 11.0. The molecule has 0 unspecified atom stereocenters. The molecular weight excluding hydrogens is 338 g/mol. The highest BCUT2D eigenvalue weighted by Gasteiger charge is 2.61. The Morgan fingerprint density at radius 2 is 1.63 bits per heavy atom. The van der Waals surface area contributed by atoms with Crippen LogP contribution in [0.4, 0.5) is 0 Å². The largest absolute Gasteiger partial charge is 0.393 e. The van der Waals surface area contributed by atoms with Crippen LogP contribution in [0.15, 0.2) is 0 Å². The first-order chi connectivity index (χ1) is 12.3. The third-order valence-electron chi connectivity index (χ3n) is 8.81. The second-order valence-corrected chi connectivity index (χ2v) is 11.7. The van der Waals surface area contributed by atoms with Gasteiger partial charge in [-0.2, -0.15) is 0 Å². The van der Waals surface area contributed by atoms with Gasteiger partial charge in [0.1, 0.15) is 0 Å². The minimum Gasteiger partial charge on any atom is -0.393 e. The Balaban J connectivity index is 1.51. The molecule has 0 aromatic rings. The average Bonchev–Trinajstić information content (AvgIpc) is 2.83. The fourth-order valence-electron chi connectivity index (χ4n) is 6.79. The summed E-state index contributed by atoms with van der Waals surface area (Å²) < 4.78 is 6.34. The Labute approximate surface area is 166 Å². The van der Waals surface area contributed by atoms with Gasteiger partial charge in [-0.25, -0.2) is 0 Å². The second kappa shape index (κ2) is 6.97. The summed E-state index contributed by atoms with van der Waals surface area (Å²) in [6.45, 7) is 17.2. The Kier molecular flexibility index (Phi) is 5.56. The standard InChI is InChI=1S/C23H43NO3/c1-20(2)13-18(26)14-21(3,4)24(20)15-17(25)9-11-27-19-12-16-8-10-23(19,7)22(16,5)6/h16-19,25-26H,8-15H2,1-7H3/t16-,17-,19+,23-/m1/s1. The third-order valence-corrected chi connectivity index (χ3v) is 8.81. The molecule has 4 heteroatoms. The summed E-state index contributed by atoms with van der Waals surface area (Å²) >= 11 is 0. The Morgan fingerprint density at radius 1 is 1.04 bits per heavy atom. The molecule has 0 aromatic carbocycles. The first-order valence-electron chi connectivity index (χ1n) is 11.0. The van der Waals surface area contributed by atoms with Crippen molar-refractivity contribution in [2.75, 3.05) is 13.2 Å². The van der Waals surface area contributed by atoms with E-state index in [1.54, 1.807) is 0 Å². The van der Waals surface area contributed by atoms with Gasteiger partial charge in [-0.3, -0.25) is 4.90 Å². The fourth-order valence-corrected chi connectivity index (χ4v) is 6.79. The number of rotatable bonds is 6. The molecule has 3 rings (SSSR count). The van der Waals surface area contributed by atoms with Crippen LogP contribution in [-0.2, 0) is 4.74 Å². The molecule has 1 heterocycles. The summed E-state index contributed by atoms with van der Waals surface area (Å²) in [5.41, 5.74) is 0.449. The molecule has 2 saturated carbocycles. The maximum atomic E-state index is 10.7. The van der Waals surface area contributed by atoms with E-state index in [2.05, 4.69) is 53.4 Å². The number of ether oxygens (including phenoxy) is 1. The Hall–Kier alpha value is -0.160. The number of aliphatic hydroxyl groups is 2. The van der Waals surface area contributed by atoms with Crippen LogP contribution in [0.3, 0.4) is 0 Å². The lowest BCUT2D eigenvalue weighted by atomic mass is 9.70. The molecule has 27 heavy (non-hydrogen) atoms. The van der Waals surface area contributed by atoms with Crippen molar-refractivity contribution in [1.29, 1.82) is 0 Å². The van der Waals surface area contributed by atoms with Crippen molar-refractivity contribution < 1.29 is 14.9 Å². The minimum absolute atomic E-state index is 0.106. The fraction of sp³-hybridized carbons (Fsp3) is 1.00. The molecule has 0 amide bonds. The van der Waals surface area contributed by atoms with Crippen molar-refractivity contribution in [2.45, 2.75) is 116 Å². The summed E-state index contributed by atoms with van der Waals surface area (Å²) in [6.07, 6.45) is 5.70. The van der Waals surface area contributed by atoms with Gasteiger partial charge >= 0.3 is 0 Å². The van der Waals surface area contributed by atoms with Gasteiger partial charge < -0.3 is 14.9 Å². The van der Waals surface area contributed by atoms with E-state index in [0.717, 1.165) is 18.8 Å². The summed E-state index contributed by atoms with van der Waals surface area (Å²) in [4.78, 5) is 2.39. The van der Waals surface area contributed by atoms with Gasteiger partial charge in [0, 0.05) is 24.2 Å². The van der Waals surface area contributed by atoms with Crippen molar-refractivity contribution in [1.82, 2.24) is 4.90 Å². The lowest BCUT2D eigenvalue weighted by molar-refractivity contribution is -0.103. The van der Waals surface area contributed by atoms with Crippen LogP contribution in [-0.4, -0.2) is 57.7 Å². The maximum Gasteiger partial charge on any atom is 0.0689 e. The normalized spacial score (nSPS) is 39.0. The predicted octanol–water partition coefficient (Wildman–Crippen LogP) is 3.98. The van der Waals surface area contributed by atoms with Gasteiger partial charge in [0.25, 0.3) is 0 Å². The van der Waals surface area contributed by atoms with E-state index in [1.807, 2.05) is 0 Å². The van der Waals surface area contributed by atoms with Crippen LogP contribution in [0.5, 0.6) is 0 Å². The number of hydrogen-bond donors (Lipinski definition) is 2. The van der Waals surface area contributed by atoms with Gasteiger partial charge in [0.15, 0.2) is 0 Å². The number of fused-ring (bicyclic) bond motifs is 2. The molecule has 3 fully saturated rings. The topological polar surface area (TPSA) is 52.9 Å². The van der Waals surface area contributed by atoms with Crippen molar-refractivity contribution in [3.63, 3.8) is 0 Å². The zero-order valence-electron chi connectivity index (χ0n) is 18.7. The summed E-state index contributed by atoms with van der Waals surface area (Å²) in [5, 5.41) is 20.9. The molecule has 158 valence electrons. The summed E-state index contributed by atoms with van der Waals surface area (Å²) in [5.74, 6) is 0.791. The Bertz CT molecular complexity index is 526. The van der Waals surface area contributed by atoms with E-state index in [0.29, 0.717) is 31.1 Å². The number of piperidine rings is 1. The minimum atomic E-state index is -0.391. The smallest absolute Gasteiger partial charge is 0.0689 e. The lowest BCUT2D eigenvalue weighted by Gasteiger charge is -2.55. The van der Waals surface area contributed by atoms with E-state index in [1.165, 1.54) is 19.3 Å². The van der Waals surface area contributed by atoms with E-state index < -0.39 is 6.10 Å². The molecule has 1 saturated heterocycles. The highest BCUT2D eigenvalue weighted by Crippen LogP contribution is 2.66. The van der Waals surface area contributed by atoms with E-state index >= 15 is 0 Å². The molecule has 1 aliphatic heterocycles. The maximum absolute atomic E-state index is 10.7. The molecule has 2 aliphatic carbocycles. The predicted molar refractivity (Wildman–Crippen MR) is 110 cm³/mol. The zero-order valence-corrected chi connectivity index (χ0v) is 18.7. The lowest BCUT2D eigenvalue weighted by Crippen LogP contribution is -2.63. The number of aliphatic hydroxyl groups excluding tert-OH is 2. The molecule has 2 N–H and O–H groups in total. The number of β-amino-alcohol motifs (C(OH)–C–C–N with tert-alkyl or cyclic N) is 1. The third kappa shape index (κ3) is 3.72. The quantitative estimate of drug-likeness (QED) is 0.731. The highest BCUT2D eigenvalue weighted by molar-refractivity contribution is 5.11. The molecule has 0 spiro atoms. The summed E-state index contributed by atoms with van der Waals surface area (Å²) in [7, 11) is 0. The number of nitrogens with zero attached hydrogens (tertiary/aromatic N) is 1. The molecule has 4 nitrogen and oxygen atoms in total. The van der Waals surface area contributed by atoms with Crippen molar-refractivity contribution in [2.24, 2.45) is 16.7 Å². The van der Waals surface area contributed by atoms with Crippen LogP contribution in [0.1, 0.15) is 87.0 Å². The first kappa shape index (κ1) is 21.5. The average molecular weight is 382 g/mol. The number of hydrogen-bond acceptors (Lipinski definition) is 4. The van der Waals surface area contributed by atoms with Crippen molar-refractivity contribution >= 4 is 0 Å². The van der Waals surface area contributed by atoms with Gasteiger partial charge in [-0.1, -0.05) is 20.8 Å². The molecule has 2 bridgehead atoms. The van der Waals surface area contributed by atoms with E-state index in [4.69, 9.17) is 4.74 Å². The van der Waals surface area contributed by atoms with Crippen LogP contribution in [0.25, 0.3) is 0 Å². The molecule has 0 radical (unpaired) electrons. The second-order valence-electron chi connectivity index (χ2n) is 11.7. The van der Waals surface area contributed by atoms with E-state index in [-0.39, 0.29) is 22.6 Å². The highest BCUT2D eigenvalue weighted by atomic mass is 16.5. The van der Waals surface area contributed by atoms with Gasteiger partial charge in [0.2, 0.25) is 0 Å². The molecule has 3 aliphatic rings. The Morgan fingerprint density at radius 3 is 2.11 bits per heavy atom. The van der Waals surface area contributed by atoms with Gasteiger partial charge in [0.05, 0.1) is 18.3 Å². The van der Waals surface area contributed by atoms with Crippen LogP contribution < -0.4 is 0 Å². The van der Waals surface area contributed by atoms with Gasteiger partial charge in [-0.15, -0.1) is 0 Å². The molecule has 4 atom stereocenters. The molecular formula is C23H43NO3. The van der Waals surface area contributed by atoms with Crippen LogP contribution in [0.2, 0.25) is 0 Å². The zero-order chi connectivity index (χ0) is 20.3. The van der Waals surface area contributed by atoms with E-state index in [9.17, 15) is 10.2 Å². The summed E-state index contributed by atoms with van der Waals surface area (Å²) in [6, 6.07) is 0. The van der Waals surface area contributed by atoms with Crippen LogP contribution >= 0.6 is 0 Å². The van der Waals surface area contributed by atoms with Crippen molar-refractivity contribution in [3.8, 4) is 0 Å². The van der Waals surface area contributed by atoms with Gasteiger partial charge in [-0.05, 0) is 83.0 Å². The molecule has 0 aromatic heterocycles. The SMILES string of the molecule is CC1(C)CC(O)CC(C)(C)N1C[C@H](O)CCO[C@H]1C[C@H]2CC[C@@]1(C)C2(C)C. The monoisotopic (exact) mass is 381 g/mol. The number of likely N-dealkylation sites (tertiary alicyclic amines) is 1. The van der Waals surface area contributed by atoms with Crippen LogP contribution in [0, 0.1) is 16.7 Å².